The monoisotopic (exact) mass is 337 g/mol. The van der Waals surface area contributed by atoms with E-state index in [0.29, 0.717) is 25.3 Å². The summed E-state index contributed by atoms with van der Waals surface area (Å²) in [5, 5.41) is 2.44. The number of carbonyl (C=O) groups excluding carboxylic acids is 2. The number of amides is 1. The van der Waals surface area contributed by atoms with Gasteiger partial charge in [-0.05, 0) is 38.3 Å². The molecule has 0 heterocycles. The first-order valence-corrected chi connectivity index (χ1v) is 8.03. The van der Waals surface area contributed by atoms with Crippen molar-refractivity contribution in [1.82, 2.24) is 0 Å². The minimum absolute atomic E-state index is 0.106. The summed E-state index contributed by atoms with van der Waals surface area (Å²) in [6.07, 6.45) is 4.89. The molecule has 0 saturated carbocycles. The van der Waals surface area contributed by atoms with Gasteiger partial charge in [0.25, 0.3) is 0 Å². The second kappa shape index (κ2) is 8.04. The molecule has 0 saturated heterocycles. The first-order valence-electron chi connectivity index (χ1n) is 8.03. The van der Waals surface area contributed by atoms with Gasteiger partial charge < -0.3 is 10.1 Å². The molecule has 2 rings (SSSR count). The van der Waals surface area contributed by atoms with Crippen LogP contribution < -0.4 is 5.32 Å². The molecule has 1 amide bonds. The zero-order valence-corrected chi connectivity index (χ0v) is 13.7. The molecule has 0 fully saturated rings. The predicted molar refractivity (Wildman–Crippen MR) is 86.2 cm³/mol. The van der Waals surface area contributed by atoms with Crippen molar-refractivity contribution in [2.24, 2.45) is 11.8 Å². The lowest BCUT2D eigenvalue weighted by Gasteiger charge is -2.27. The minimum Gasteiger partial charge on any atom is -0.462 e. The summed E-state index contributed by atoms with van der Waals surface area (Å²) in [4.78, 5) is 24.7. The second-order valence-electron chi connectivity index (χ2n) is 5.92. The van der Waals surface area contributed by atoms with E-state index in [2.05, 4.69) is 5.32 Å². The highest BCUT2D eigenvalue weighted by atomic mass is 19.1. The third-order valence-electron chi connectivity index (χ3n) is 4.15. The van der Waals surface area contributed by atoms with Crippen LogP contribution in [0, 0.1) is 23.5 Å². The molecule has 1 aliphatic carbocycles. The second-order valence-corrected chi connectivity index (χ2v) is 5.92. The third-order valence-corrected chi connectivity index (χ3v) is 4.15. The Morgan fingerprint density at radius 1 is 1.25 bits per heavy atom. The van der Waals surface area contributed by atoms with Crippen LogP contribution in [0.3, 0.4) is 0 Å². The Labute approximate surface area is 139 Å². The topological polar surface area (TPSA) is 55.4 Å². The minimum atomic E-state index is -0.853. The number of rotatable bonds is 5. The van der Waals surface area contributed by atoms with E-state index < -0.39 is 35.3 Å². The van der Waals surface area contributed by atoms with Crippen molar-refractivity contribution in [2.75, 3.05) is 5.32 Å². The van der Waals surface area contributed by atoms with Gasteiger partial charge in [0, 0.05) is 6.07 Å². The summed E-state index contributed by atoms with van der Waals surface area (Å²) in [5.41, 5.74) is -0.106. The molecule has 0 aliphatic heterocycles. The number of ether oxygens (including phenoxy) is 1. The Morgan fingerprint density at radius 3 is 2.54 bits per heavy atom. The highest BCUT2D eigenvalue weighted by Gasteiger charge is 2.36. The van der Waals surface area contributed by atoms with E-state index in [0.717, 1.165) is 12.1 Å². The number of benzene rings is 1. The van der Waals surface area contributed by atoms with E-state index in [1.54, 1.807) is 6.92 Å². The molecule has 24 heavy (non-hydrogen) atoms. The van der Waals surface area contributed by atoms with Crippen LogP contribution in [0.1, 0.15) is 33.1 Å². The molecule has 3 atom stereocenters. The SMILES string of the molecule is CCC(C)OC(=O)C1CC=CCC1C(=O)Nc1ccc(F)cc1F. The van der Waals surface area contributed by atoms with Crippen LogP contribution in [0.2, 0.25) is 0 Å². The van der Waals surface area contributed by atoms with Gasteiger partial charge >= 0.3 is 5.97 Å². The number of anilines is 1. The summed E-state index contributed by atoms with van der Waals surface area (Å²) < 4.78 is 32.0. The van der Waals surface area contributed by atoms with Gasteiger partial charge in [-0.25, -0.2) is 8.78 Å². The van der Waals surface area contributed by atoms with Crippen LogP contribution in [0.15, 0.2) is 30.4 Å². The third kappa shape index (κ3) is 4.40. The van der Waals surface area contributed by atoms with Crippen molar-refractivity contribution in [3.63, 3.8) is 0 Å². The molecule has 1 aromatic carbocycles. The molecule has 0 aromatic heterocycles. The Hall–Kier alpha value is -2.24. The maximum atomic E-state index is 13.7. The largest absolute Gasteiger partial charge is 0.462 e. The first kappa shape index (κ1) is 18.1. The lowest BCUT2D eigenvalue weighted by Crippen LogP contribution is -2.36. The van der Waals surface area contributed by atoms with Crippen LogP contribution in [0.5, 0.6) is 0 Å². The van der Waals surface area contributed by atoms with Gasteiger partial charge in [0.15, 0.2) is 0 Å². The number of allylic oxidation sites excluding steroid dienone is 2. The zero-order chi connectivity index (χ0) is 17.7. The van der Waals surface area contributed by atoms with Crippen molar-refractivity contribution in [3.8, 4) is 0 Å². The van der Waals surface area contributed by atoms with Gasteiger partial charge in [-0.15, -0.1) is 0 Å². The normalized spacial score (nSPS) is 21.2. The molecule has 0 bridgehead atoms. The first-order chi connectivity index (χ1) is 11.4. The fourth-order valence-electron chi connectivity index (χ4n) is 2.55. The number of esters is 1. The maximum Gasteiger partial charge on any atom is 0.310 e. The van der Waals surface area contributed by atoms with E-state index in [-0.39, 0.29) is 11.8 Å². The Kier molecular flexibility index (Phi) is 6.06. The summed E-state index contributed by atoms with van der Waals surface area (Å²) in [6, 6.07) is 2.92. The molecule has 0 spiro atoms. The smallest absolute Gasteiger partial charge is 0.310 e. The van der Waals surface area contributed by atoms with Gasteiger partial charge in [0.1, 0.15) is 11.6 Å². The van der Waals surface area contributed by atoms with E-state index in [4.69, 9.17) is 4.74 Å². The average molecular weight is 337 g/mol. The lowest BCUT2D eigenvalue weighted by atomic mass is 9.82. The van der Waals surface area contributed by atoms with Crippen molar-refractivity contribution >= 4 is 17.6 Å². The molecule has 0 radical (unpaired) electrons. The van der Waals surface area contributed by atoms with Crippen molar-refractivity contribution in [3.05, 3.63) is 42.0 Å². The predicted octanol–water partition coefficient (Wildman–Crippen LogP) is 3.83. The van der Waals surface area contributed by atoms with Gasteiger partial charge in [-0.1, -0.05) is 19.1 Å². The highest BCUT2D eigenvalue weighted by Crippen LogP contribution is 2.29. The van der Waals surface area contributed by atoms with Crippen molar-refractivity contribution in [2.45, 2.75) is 39.2 Å². The number of hydrogen-bond donors (Lipinski definition) is 1. The number of halogens is 2. The number of carbonyl (C=O) groups is 2. The molecule has 6 heteroatoms. The molecular weight excluding hydrogens is 316 g/mol. The Morgan fingerprint density at radius 2 is 1.92 bits per heavy atom. The van der Waals surface area contributed by atoms with Gasteiger partial charge in [0.05, 0.1) is 23.6 Å². The fourth-order valence-corrected chi connectivity index (χ4v) is 2.55. The summed E-state index contributed by atoms with van der Waals surface area (Å²) in [5.74, 6) is -3.72. The van der Waals surface area contributed by atoms with E-state index in [1.807, 2.05) is 19.1 Å². The summed E-state index contributed by atoms with van der Waals surface area (Å²) in [7, 11) is 0. The molecule has 1 aliphatic rings. The average Bonchev–Trinajstić information content (AvgIpc) is 2.57. The van der Waals surface area contributed by atoms with E-state index in [9.17, 15) is 18.4 Å². The van der Waals surface area contributed by atoms with Crippen LogP contribution in [0.25, 0.3) is 0 Å². The summed E-state index contributed by atoms with van der Waals surface area (Å²) >= 11 is 0. The van der Waals surface area contributed by atoms with Crippen LogP contribution in [0.4, 0.5) is 14.5 Å². The maximum absolute atomic E-state index is 13.7. The van der Waals surface area contributed by atoms with Gasteiger partial charge in [-0.3, -0.25) is 9.59 Å². The quantitative estimate of drug-likeness (QED) is 0.656. The van der Waals surface area contributed by atoms with Crippen LogP contribution in [-0.4, -0.2) is 18.0 Å². The van der Waals surface area contributed by atoms with Crippen molar-refractivity contribution in [1.29, 1.82) is 0 Å². The fraction of sp³-hybridized carbons (Fsp3) is 0.444. The summed E-state index contributed by atoms with van der Waals surface area (Å²) in [6.45, 7) is 3.69. The molecular formula is C18H21F2NO3. The standard InChI is InChI=1S/C18H21F2NO3/c1-3-11(2)24-18(23)14-7-5-4-6-13(14)17(22)21-16-9-8-12(19)10-15(16)20/h4-5,8-11,13-14H,3,6-7H2,1-2H3,(H,21,22). The zero-order valence-electron chi connectivity index (χ0n) is 13.7. The van der Waals surface area contributed by atoms with Gasteiger partial charge in [-0.2, -0.15) is 0 Å². The van der Waals surface area contributed by atoms with E-state index in [1.165, 1.54) is 0 Å². The Balaban J connectivity index is 2.10. The molecule has 4 nitrogen and oxygen atoms in total. The highest BCUT2D eigenvalue weighted by molar-refractivity contribution is 5.95. The molecule has 130 valence electrons. The van der Waals surface area contributed by atoms with E-state index >= 15 is 0 Å². The lowest BCUT2D eigenvalue weighted by molar-refractivity contribution is -0.157. The Bertz CT molecular complexity index is 645. The van der Waals surface area contributed by atoms with Gasteiger partial charge in [0.2, 0.25) is 5.91 Å². The van der Waals surface area contributed by atoms with Crippen LogP contribution in [-0.2, 0) is 14.3 Å². The molecule has 1 aromatic rings. The number of hydrogen-bond acceptors (Lipinski definition) is 3. The molecule has 1 N–H and O–H groups in total. The van der Waals surface area contributed by atoms with Crippen LogP contribution >= 0.6 is 0 Å². The van der Waals surface area contributed by atoms with Crippen molar-refractivity contribution < 1.29 is 23.1 Å². The molecule has 3 unspecified atom stereocenters. The number of nitrogens with one attached hydrogen (secondary N) is 1.